The number of esters is 1. The molecule has 16 nitrogen and oxygen atoms in total. The predicted molar refractivity (Wildman–Crippen MR) is 214 cm³/mol. The number of likely N-dealkylation sites (N-methyl/N-ethyl adjacent to an activating group) is 1. The summed E-state index contributed by atoms with van der Waals surface area (Å²) < 4.78 is 55.7. The van der Waals surface area contributed by atoms with E-state index in [1.54, 1.807) is 41.7 Å². The number of ether oxygens (including phenoxy) is 9. The van der Waals surface area contributed by atoms with Crippen LogP contribution in [0.5, 0.6) is 0 Å². The van der Waals surface area contributed by atoms with Crippen molar-refractivity contribution in [1.29, 1.82) is 0 Å². The summed E-state index contributed by atoms with van der Waals surface area (Å²) in [7, 11) is 6.90. The molecule has 0 saturated carbocycles. The summed E-state index contributed by atoms with van der Waals surface area (Å²) in [4.78, 5) is 16.4. The van der Waals surface area contributed by atoms with Gasteiger partial charge in [0.2, 0.25) is 0 Å². The van der Waals surface area contributed by atoms with Crippen LogP contribution in [0.2, 0.25) is 0 Å². The first-order chi connectivity index (χ1) is 27.0. The quantitative estimate of drug-likeness (QED) is 0.142. The molecule has 4 heterocycles. The van der Waals surface area contributed by atoms with Gasteiger partial charge in [-0.3, -0.25) is 10.1 Å². The molecule has 4 aliphatic heterocycles. The zero-order valence-corrected chi connectivity index (χ0v) is 37.6. The van der Waals surface area contributed by atoms with Gasteiger partial charge in [0, 0.05) is 44.6 Å². The van der Waals surface area contributed by atoms with Crippen LogP contribution in [0.4, 0.5) is 0 Å². The van der Waals surface area contributed by atoms with Crippen LogP contribution in [0.15, 0.2) is 0 Å². The number of nitrogens with one attached hydrogen (secondary N) is 1. The SMILES string of the molecule is CCC1OC(=O)C(C)[C@@H](O[C@H]2C[C@@](C)(OC)C(O)C(C)O2)C(C)[C@@H](O[C@@H]2OC(C)CC(N(C)C)C2O)[C@@](C)(O)CC(C)C2NC(COCCOC)O[C@H](C2C)[C@@]1(C)O. The lowest BCUT2D eigenvalue weighted by atomic mass is 9.71. The van der Waals surface area contributed by atoms with Gasteiger partial charge in [-0.2, -0.15) is 0 Å². The number of aliphatic hydroxyl groups is 4. The topological polar surface area (TPSA) is 196 Å². The molecule has 4 fully saturated rings. The zero-order chi connectivity index (χ0) is 43.5. The molecule has 0 radical (unpaired) electrons. The highest BCUT2D eigenvalue weighted by atomic mass is 16.7. The van der Waals surface area contributed by atoms with Crippen molar-refractivity contribution in [3.63, 3.8) is 0 Å². The number of nitrogens with zero attached hydrogens (tertiary/aromatic N) is 1. The predicted octanol–water partition coefficient (Wildman–Crippen LogP) is 2.20. The third-order valence-electron chi connectivity index (χ3n) is 13.5. The van der Waals surface area contributed by atoms with Crippen LogP contribution < -0.4 is 5.32 Å². The molecule has 0 aromatic rings. The fourth-order valence-corrected chi connectivity index (χ4v) is 10.0. The van der Waals surface area contributed by atoms with Crippen molar-refractivity contribution < 1.29 is 67.9 Å². The minimum atomic E-state index is -1.64. The zero-order valence-electron chi connectivity index (χ0n) is 37.6. The van der Waals surface area contributed by atoms with Crippen molar-refractivity contribution in [2.24, 2.45) is 23.7 Å². The Labute approximate surface area is 346 Å². The summed E-state index contributed by atoms with van der Waals surface area (Å²) >= 11 is 0. The molecule has 4 aliphatic rings. The van der Waals surface area contributed by atoms with E-state index >= 15 is 0 Å². The third kappa shape index (κ3) is 11.1. The van der Waals surface area contributed by atoms with Crippen molar-refractivity contribution in [2.45, 2.75) is 191 Å². The number of rotatable bonds is 12. The van der Waals surface area contributed by atoms with Gasteiger partial charge in [-0.1, -0.05) is 27.7 Å². The molecule has 2 bridgehead atoms. The largest absolute Gasteiger partial charge is 0.459 e. The molecule has 0 aromatic carbocycles. The second-order valence-electron chi connectivity index (χ2n) is 18.6. The fraction of sp³-hybridized carbons (Fsp3) is 0.976. The number of hydrogen-bond acceptors (Lipinski definition) is 16. The van der Waals surface area contributed by atoms with Crippen LogP contribution in [-0.4, -0.2) is 176 Å². The Kier molecular flexibility index (Phi) is 17.4. The smallest absolute Gasteiger partial charge is 0.311 e. The highest BCUT2D eigenvalue weighted by Gasteiger charge is 2.55. The van der Waals surface area contributed by atoms with Gasteiger partial charge in [-0.25, -0.2) is 0 Å². The Morgan fingerprint density at radius 3 is 2.19 bits per heavy atom. The average Bonchev–Trinajstić information content (AvgIpc) is 3.15. The van der Waals surface area contributed by atoms with Gasteiger partial charge in [0.25, 0.3) is 0 Å². The Balaban J connectivity index is 1.83. The molecule has 340 valence electrons. The lowest BCUT2D eigenvalue weighted by Crippen LogP contribution is -2.67. The first kappa shape index (κ1) is 49.6. The molecule has 20 atom stereocenters. The van der Waals surface area contributed by atoms with Crippen LogP contribution >= 0.6 is 0 Å². The van der Waals surface area contributed by atoms with Crippen LogP contribution in [0.25, 0.3) is 0 Å². The van der Waals surface area contributed by atoms with E-state index in [-0.39, 0.29) is 55.9 Å². The second-order valence-corrected chi connectivity index (χ2v) is 18.6. The molecule has 58 heavy (non-hydrogen) atoms. The Morgan fingerprint density at radius 1 is 0.914 bits per heavy atom. The molecule has 4 rings (SSSR count). The van der Waals surface area contributed by atoms with Crippen molar-refractivity contribution in [2.75, 3.05) is 48.1 Å². The van der Waals surface area contributed by atoms with Crippen LogP contribution in [0.1, 0.15) is 94.9 Å². The number of cyclic esters (lactones) is 1. The van der Waals surface area contributed by atoms with Crippen molar-refractivity contribution in [3.05, 3.63) is 0 Å². The molecule has 0 aromatic heterocycles. The highest BCUT2D eigenvalue weighted by molar-refractivity contribution is 5.73. The summed E-state index contributed by atoms with van der Waals surface area (Å²) in [6.07, 6.45) is -8.29. The van der Waals surface area contributed by atoms with Crippen LogP contribution in [0.3, 0.4) is 0 Å². The van der Waals surface area contributed by atoms with Crippen molar-refractivity contribution in [3.8, 4) is 0 Å². The van der Waals surface area contributed by atoms with Gasteiger partial charge in [-0.15, -0.1) is 0 Å². The molecule has 4 saturated heterocycles. The van der Waals surface area contributed by atoms with E-state index in [2.05, 4.69) is 5.32 Å². The maximum Gasteiger partial charge on any atom is 0.311 e. The molecular weight excluding hydrogens is 756 g/mol. The van der Waals surface area contributed by atoms with Crippen LogP contribution in [0, 0.1) is 23.7 Å². The van der Waals surface area contributed by atoms with E-state index in [1.165, 1.54) is 7.11 Å². The maximum atomic E-state index is 14.5. The third-order valence-corrected chi connectivity index (χ3v) is 13.5. The molecular formula is C42H78N2O14. The summed E-state index contributed by atoms with van der Waals surface area (Å²) in [5.41, 5.74) is -4.27. The van der Waals surface area contributed by atoms with E-state index in [1.807, 2.05) is 53.6 Å². The number of methoxy groups -OCH3 is 2. The van der Waals surface area contributed by atoms with Crippen molar-refractivity contribution >= 4 is 5.97 Å². The normalized spacial score (nSPS) is 48.7. The van der Waals surface area contributed by atoms with E-state index < -0.39 is 96.1 Å². The van der Waals surface area contributed by atoms with Gasteiger partial charge in [0.1, 0.15) is 30.1 Å². The molecule has 5 N–H and O–H groups in total. The van der Waals surface area contributed by atoms with E-state index in [0.29, 0.717) is 19.6 Å². The van der Waals surface area contributed by atoms with E-state index in [9.17, 15) is 25.2 Å². The molecule has 0 aliphatic carbocycles. The molecule has 0 amide bonds. The minimum Gasteiger partial charge on any atom is -0.459 e. The van der Waals surface area contributed by atoms with Gasteiger partial charge in [0.15, 0.2) is 12.6 Å². The molecule has 16 heteroatoms. The highest BCUT2D eigenvalue weighted by Crippen LogP contribution is 2.43. The number of fused-ring (bicyclic) bond motifs is 2. The van der Waals surface area contributed by atoms with Gasteiger partial charge >= 0.3 is 5.97 Å². The first-order valence-electron chi connectivity index (χ1n) is 21.4. The lowest BCUT2D eigenvalue weighted by molar-refractivity contribution is -0.318. The summed E-state index contributed by atoms with van der Waals surface area (Å²) in [5.74, 6) is -2.95. The second kappa shape index (κ2) is 20.4. The number of hydrogen-bond donors (Lipinski definition) is 5. The minimum absolute atomic E-state index is 0.137. The molecule has 12 unspecified atom stereocenters. The van der Waals surface area contributed by atoms with Gasteiger partial charge < -0.3 is 68.0 Å². The summed E-state index contributed by atoms with van der Waals surface area (Å²) in [6.45, 7) is 19.1. The number of carbonyl (C=O) groups is 1. The summed E-state index contributed by atoms with van der Waals surface area (Å²) in [6, 6.07) is -0.593. The Hall–Kier alpha value is -1.09. The number of aliphatic hydroxyl groups excluding tert-OH is 2. The van der Waals surface area contributed by atoms with Gasteiger partial charge in [0.05, 0.1) is 67.5 Å². The fourth-order valence-electron chi connectivity index (χ4n) is 10.0. The van der Waals surface area contributed by atoms with Crippen molar-refractivity contribution in [1.82, 2.24) is 10.2 Å². The van der Waals surface area contributed by atoms with E-state index in [0.717, 1.165) is 0 Å². The lowest BCUT2D eigenvalue weighted by Gasteiger charge is -2.52. The average molecular weight is 835 g/mol. The Bertz CT molecular complexity index is 1290. The standard InChI is InChI=1S/C42H78N2O14/c1-15-29-42(10,49)37-24(4)32(43-30(56-37)21-52-17-16-50-13)22(2)19-40(8,48)36(58-39-33(45)28(44(11)12)18-23(3)53-39)25(5)34(26(6)38(47)55-29)57-31-20-41(9,51-14)35(46)27(7)54-31/h22-37,39,43,45-46,48-49H,15-21H2,1-14H3/t22?,23?,24?,25?,26?,27?,28?,29?,30?,31-,32?,33?,34-,35?,36+,37+,39-,40-,41+,42-/m0/s1. The maximum absolute atomic E-state index is 14.5. The monoisotopic (exact) mass is 835 g/mol. The summed E-state index contributed by atoms with van der Waals surface area (Å²) in [5, 5.41) is 51.5. The molecule has 0 spiro atoms. The van der Waals surface area contributed by atoms with Crippen LogP contribution in [-0.2, 0) is 47.4 Å². The van der Waals surface area contributed by atoms with Gasteiger partial charge in [-0.05, 0) is 80.8 Å². The first-order valence-corrected chi connectivity index (χ1v) is 21.4. The Morgan fingerprint density at radius 2 is 1.59 bits per heavy atom. The number of carbonyl (C=O) groups excluding carboxylic acids is 1. The van der Waals surface area contributed by atoms with E-state index in [4.69, 9.17) is 42.6 Å².